The van der Waals surface area contributed by atoms with Crippen molar-refractivity contribution >= 4 is 35.6 Å². The Bertz CT molecular complexity index is 975. The molecule has 0 aliphatic heterocycles. The molecule has 1 fully saturated rings. The minimum absolute atomic E-state index is 0.112. The van der Waals surface area contributed by atoms with E-state index in [1.165, 1.54) is 23.8 Å². The first-order chi connectivity index (χ1) is 17.4. The Balaban J connectivity index is 2.51. The van der Waals surface area contributed by atoms with E-state index in [4.69, 9.17) is 4.74 Å². The number of esters is 1. The first-order valence-corrected chi connectivity index (χ1v) is 13.7. The van der Waals surface area contributed by atoms with E-state index in [0.717, 1.165) is 6.42 Å². The molecule has 3 amide bonds. The standard InChI is InChI=1S/C26H39N3O7S/c1-16-9-7-12-18(22(16)31)21(23(32)27-15-20(30)35-5)29(17-10-8-11-17)24(33)19(13-14-37-6)28-25(34)36-26(2,3)4/h7,9,12,17,19,21,31H,8,10-11,13-15H2,1-6H3,(H,27,32)(H,28,34). The van der Waals surface area contributed by atoms with E-state index in [0.29, 0.717) is 30.6 Å². The summed E-state index contributed by atoms with van der Waals surface area (Å²) in [5.41, 5.74) is 0.0210. The third kappa shape index (κ3) is 8.55. The van der Waals surface area contributed by atoms with Gasteiger partial charge in [-0.25, -0.2) is 4.79 Å². The number of aryl methyl sites for hydroxylation is 1. The van der Waals surface area contributed by atoms with Gasteiger partial charge in [-0.05, 0) is 71.0 Å². The van der Waals surface area contributed by atoms with Gasteiger partial charge in [0.2, 0.25) is 11.8 Å². The SMILES string of the molecule is COC(=O)CNC(=O)C(c1cccc(C)c1O)N(C(=O)C(CCSC)NC(=O)OC(C)(C)C)C1CCC1. The number of rotatable bonds is 11. The predicted octanol–water partition coefficient (Wildman–Crippen LogP) is 3.06. The zero-order chi connectivity index (χ0) is 27.8. The lowest BCUT2D eigenvalue weighted by Crippen LogP contribution is -2.57. The number of ether oxygens (including phenoxy) is 2. The molecule has 1 aromatic carbocycles. The molecule has 3 N–H and O–H groups in total. The summed E-state index contributed by atoms with van der Waals surface area (Å²) in [6, 6.07) is 2.52. The van der Waals surface area contributed by atoms with Crippen LogP contribution in [0.15, 0.2) is 18.2 Å². The van der Waals surface area contributed by atoms with E-state index in [1.807, 2.05) is 6.26 Å². The Morgan fingerprint density at radius 2 is 1.89 bits per heavy atom. The first kappa shape index (κ1) is 30.3. The molecule has 1 aliphatic rings. The molecule has 0 saturated heterocycles. The second kappa shape index (κ2) is 13.6. The number of phenols is 1. The fourth-order valence-corrected chi connectivity index (χ4v) is 4.42. The Hall–Kier alpha value is -2.95. The number of hydrogen-bond acceptors (Lipinski definition) is 8. The molecule has 0 aromatic heterocycles. The number of amides is 3. The number of benzene rings is 1. The number of nitrogens with one attached hydrogen (secondary N) is 2. The van der Waals surface area contributed by atoms with Gasteiger partial charge in [0.25, 0.3) is 0 Å². The molecule has 2 rings (SSSR count). The first-order valence-electron chi connectivity index (χ1n) is 12.3. The predicted molar refractivity (Wildman–Crippen MR) is 141 cm³/mol. The number of hydrogen-bond donors (Lipinski definition) is 3. The minimum atomic E-state index is -1.22. The maximum atomic E-state index is 14.1. The highest BCUT2D eigenvalue weighted by atomic mass is 32.2. The molecular weight excluding hydrogens is 498 g/mol. The van der Waals surface area contributed by atoms with Crippen molar-refractivity contribution in [3.8, 4) is 5.75 Å². The van der Waals surface area contributed by atoms with E-state index < -0.39 is 48.1 Å². The highest BCUT2D eigenvalue weighted by Crippen LogP contribution is 2.38. The zero-order valence-corrected chi connectivity index (χ0v) is 23.3. The van der Waals surface area contributed by atoms with Crippen molar-refractivity contribution in [2.75, 3.05) is 25.7 Å². The van der Waals surface area contributed by atoms with Crippen molar-refractivity contribution in [2.45, 2.75) is 77.1 Å². The molecule has 1 aliphatic carbocycles. The van der Waals surface area contributed by atoms with E-state index in [1.54, 1.807) is 45.9 Å². The Kier molecular flexibility index (Phi) is 11.1. The smallest absolute Gasteiger partial charge is 0.408 e. The minimum Gasteiger partial charge on any atom is -0.507 e. The molecule has 2 atom stereocenters. The lowest BCUT2D eigenvalue weighted by atomic mass is 9.87. The highest BCUT2D eigenvalue weighted by molar-refractivity contribution is 7.98. The Morgan fingerprint density at radius 3 is 2.43 bits per heavy atom. The number of thioether (sulfide) groups is 1. The van der Waals surface area contributed by atoms with Gasteiger partial charge >= 0.3 is 12.1 Å². The summed E-state index contributed by atoms with van der Waals surface area (Å²) < 4.78 is 10.0. The number of para-hydroxylation sites is 1. The van der Waals surface area contributed by atoms with Gasteiger partial charge < -0.3 is 30.1 Å². The van der Waals surface area contributed by atoms with Gasteiger partial charge in [-0.1, -0.05) is 18.2 Å². The van der Waals surface area contributed by atoms with E-state index in [9.17, 15) is 24.3 Å². The molecule has 0 bridgehead atoms. The summed E-state index contributed by atoms with van der Waals surface area (Å²) in [6.45, 7) is 6.50. The highest BCUT2D eigenvalue weighted by Gasteiger charge is 2.43. The van der Waals surface area contributed by atoms with E-state index >= 15 is 0 Å². The van der Waals surface area contributed by atoms with E-state index in [-0.39, 0.29) is 17.4 Å². The second-order valence-corrected chi connectivity index (χ2v) is 11.0. The maximum Gasteiger partial charge on any atom is 0.408 e. The van der Waals surface area contributed by atoms with E-state index in [2.05, 4.69) is 15.4 Å². The lowest BCUT2D eigenvalue weighted by molar-refractivity contribution is -0.148. The molecule has 206 valence electrons. The van der Waals surface area contributed by atoms with Gasteiger partial charge in [0.1, 0.15) is 30.0 Å². The third-order valence-corrected chi connectivity index (χ3v) is 6.69. The van der Waals surface area contributed by atoms with Gasteiger partial charge in [-0.2, -0.15) is 11.8 Å². The van der Waals surface area contributed by atoms with Crippen LogP contribution in [-0.2, 0) is 23.9 Å². The summed E-state index contributed by atoms with van der Waals surface area (Å²) >= 11 is 1.52. The molecule has 11 heteroatoms. The van der Waals surface area contributed by atoms with Crippen LogP contribution in [0.3, 0.4) is 0 Å². The second-order valence-electron chi connectivity index (χ2n) is 10.0. The average molecular weight is 538 g/mol. The Morgan fingerprint density at radius 1 is 1.22 bits per heavy atom. The van der Waals surface area contributed by atoms with Crippen LogP contribution in [0.4, 0.5) is 4.79 Å². The van der Waals surface area contributed by atoms with Crippen molar-refractivity contribution in [2.24, 2.45) is 0 Å². The van der Waals surface area contributed by atoms with Crippen LogP contribution in [0.5, 0.6) is 5.75 Å². The summed E-state index contributed by atoms with van der Waals surface area (Å²) in [5, 5.41) is 16.1. The van der Waals surface area contributed by atoms with Crippen LogP contribution >= 0.6 is 11.8 Å². The van der Waals surface area contributed by atoms with Gasteiger partial charge in [0, 0.05) is 11.6 Å². The third-order valence-electron chi connectivity index (χ3n) is 6.05. The molecular formula is C26H39N3O7S. The molecule has 10 nitrogen and oxygen atoms in total. The lowest BCUT2D eigenvalue weighted by Gasteiger charge is -2.43. The maximum absolute atomic E-state index is 14.1. The number of aromatic hydroxyl groups is 1. The van der Waals surface area contributed by atoms with Gasteiger partial charge in [-0.3, -0.25) is 14.4 Å². The number of phenolic OH excluding ortho intramolecular Hbond substituents is 1. The molecule has 0 spiro atoms. The summed E-state index contributed by atoms with van der Waals surface area (Å²) in [6.07, 6.45) is 3.69. The van der Waals surface area contributed by atoms with Gasteiger partial charge in [-0.15, -0.1) is 0 Å². The van der Waals surface area contributed by atoms with Gasteiger partial charge in [0.05, 0.1) is 7.11 Å². The average Bonchev–Trinajstić information content (AvgIpc) is 2.79. The number of nitrogens with zero attached hydrogens (tertiary/aromatic N) is 1. The number of carbonyl (C=O) groups is 4. The van der Waals surface area contributed by atoms with Crippen molar-refractivity contribution in [3.05, 3.63) is 29.3 Å². The molecule has 2 unspecified atom stereocenters. The van der Waals surface area contributed by atoms with Crippen LogP contribution < -0.4 is 10.6 Å². The van der Waals surface area contributed by atoms with Crippen molar-refractivity contribution in [1.82, 2.24) is 15.5 Å². The fraction of sp³-hybridized carbons (Fsp3) is 0.615. The fourth-order valence-electron chi connectivity index (χ4n) is 3.95. The summed E-state index contributed by atoms with van der Waals surface area (Å²) in [4.78, 5) is 53.4. The Labute approximate surface area is 222 Å². The van der Waals surface area contributed by atoms with Crippen LogP contribution in [0.1, 0.15) is 63.6 Å². The van der Waals surface area contributed by atoms with Crippen molar-refractivity contribution < 1.29 is 33.8 Å². The molecule has 1 saturated carbocycles. The molecule has 0 heterocycles. The van der Waals surface area contributed by atoms with Crippen LogP contribution in [0.2, 0.25) is 0 Å². The van der Waals surface area contributed by atoms with Crippen LogP contribution in [0.25, 0.3) is 0 Å². The molecule has 37 heavy (non-hydrogen) atoms. The monoisotopic (exact) mass is 537 g/mol. The van der Waals surface area contributed by atoms with Crippen LogP contribution in [0, 0.1) is 6.92 Å². The topological polar surface area (TPSA) is 134 Å². The van der Waals surface area contributed by atoms with Gasteiger partial charge in [0.15, 0.2) is 0 Å². The number of methoxy groups -OCH3 is 1. The quantitative estimate of drug-likeness (QED) is 0.367. The number of carbonyl (C=O) groups excluding carboxylic acids is 4. The molecule has 1 aromatic rings. The zero-order valence-electron chi connectivity index (χ0n) is 22.5. The van der Waals surface area contributed by atoms with Crippen LogP contribution in [-0.4, -0.2) is 77.2 Å². The molecule has 0 radical (unpaired) electrons. The number of alkyl carbamates (subject to hydrolysis) is 1. The van der Waals surface area contributed by atoms with Crippen molar-refractivity contribution in [3.63, 3.8) is 0 Å². The van der Waals surface area contributed by atoms with Crippen molar-refractivity contribution in [1.29, 1.82) is 0 Å². The summed E-state index contributed by atoms with van der Waals surface area (Å²) in [5.74, 6) is -1.26. The largest absolute Gasteiger partial charge is 0.507 e. The normalized spacial score (nSPS) is 15.1. The summed E-state index contributed by atoms with van der Waals surface area (Å²) in [7, 11) is 1.21.